The van der Waals surface area contributed by atoms with Gasteiger partial charge in [-0.15, -0.1) is 11.3 Å². The molecule has 2 rings (SSSR count). The molecule has 2 aromatic heterocycles. The number of nitrogens with zero attached hydrogens (tertiary/aromatic N) is 3. The van der Waals surface area contributed by atoms with Crippen LogP contribution in [0.2, 0.25) is 0 Å². The highest BCUT2D eigenvalue weighted by Gasteiger charge is 2.15. The number of thiophene rings is 1. The zero-order chi connectivity index (χ0) is 11.7. The van der Waals surface area contributed by atoms with Gasteiger partial charge >= 0.3 is 5.97 Å². The molecule has 1 N–H and O–H groups in total. The van der Waals surface area contributed by atoms with Gasteiger partial charge in [0, 0.05) is 17.5 Å². The van der Waals surface area contributed by atoms with E-state index < -0.39 is 5.97 Å². The van der Waals surface area contributed by atoms with E-state index in [0.717, 1.165) is 22.6 Å². The Morgan fingerprint density at radius 2 is 2.38 bits per heavy atom. The third-order valence-electron chi connectivity index (χ3n) is 2.22. The minimum atomic E-state index is -0.894. The van der Waals surface area contributed by atoms with Gasteiger partial charge in [-0.2, -0.15) is 15.0 Å². The van der Waals surface area contributed by atoms with Crippen molar-refractivity contribution in [3.05, 3.63) is 22.0 Å². The highest BCUT2D eigenvalue weighted by Crippen LogP contribution is 2.30. The lowest BCUT2D eigenvalue weighted by Crippen LogP contribution is -1.92. The van der Waals surface area contributed by atoms with Gasteiger partial charge in [-0.3, -0.25) is 0 Å². The first kappa shape index (κ1) is 10.8. The molecule has 0 fully saturated rings. The van der Waals surface area contributed by atoms with Crippen molar-refractivity contribution in [3.8, 4) is 11.3 Å². The molecule has 0 aromatic carbocycles. The number of rotatable bonds is 3. The summed E-state index contributed by atoms with van der Waals surface area (Å²) in [7, 11) is 1.74. The fourth-order valence-electron chi connectivity index (χ4n) is 1.48. The summed E-state index contributed by atoms with van der Waals surface area (Å²) in [6.07, 6.45) is 2.44. The number of carbonyl (C=O) groups is 1. The van der Waals surface area contributed by atoms with Crippen LogP contribution >= 0.6 is 11.3 Å². The van der Waals surface area contributed by atoms with Crippen LogP contribution < -0.4 is 0 Å². The number of aryl methyl sites for hydroxylation is 2. The van der Waals surface area contributed by atoms with Crippen LogP contribution in [0, 0.1) is 0 Å². The van der Waals surface area contributed by atoms with E-state index in [9.17, 15) is 4.79 Å². The molecule has 0 bridgehead atoms. The van der Waals surface area contributed by atoms with Crippen molar-refractivity contribution < 1.29 is 9.90 Å². The lowest BCUT2D eigenvalue weighted by atomic mass is 10.1. The topological polar surface area (TPSA) is 68.0 Å². The third kappa shape index (κ3) is 1.83. The minimum Gasteiger partial charge on any atom is -0.477 e. The monoisotopic (exact) mass is 237 g/mol. The second-order valence-electron chi connectivity index (χ2n) is 3.33. The van der Waals surface area contributed by atoms with E-state index in [0.29, 0.717) is 4.88 Å². The smallest absolute Gasteiger partial charge is 0.345 e. The van der Waals surface area contributed by atoms with E-state index in [-0.39, 0.29) is 0 Å². The van der Waals surface area contributed by atoms with Gasteiger partial charge in [-0.05, 0) is 12.5 Å². The molecule has 84 valence electrons. The van der Waals surface area contributed by atoms with Crippen LogP contribution in [0.25, 0.3) is 11.3 Å². The van der Waals surface area contributed by atoms with Gasteiger partial charge in [0.15, 0.2) is 0 Å². The van der Waals surface area contributed by atoms with Crippen LogP contribution in [0.15, 0.2) is 12.3 Å². The van der Waals surface area contributed by atoms with Crippen molar-refractivity contribution in [2.45, 2.75) is 13.3 Å². The Labute approximate surface area is 96.3 Å². The molecule has 0 unspecified atom stereocenters. The number of hydrogen-bond donors (Lipinski definition) is 1. The zero-order valence-corrected chi connectivity index (χ0v) is 9.78. The predicted molar refractivity (Wildman–Crippen MR) is 60.7 cm³/mol. The number of carboxylic acid groups (broad SMARTS) is 1. The highest BCUT2D eigenvalue weighted by molar-refractivity contribution is 7.14. The normalized spacial score (nSPS) is 10.6. The van der Waals surface area contributed by atoms with Gasteiger partial charge in [-0.25, -0.2) is 4.79 Å². The number of aromatic nitrogens is 3. The fraction of sp³-hybridized carbons (Fsp3) is 0.300. The molecule has 0 radical (unpaired) electrons. The first-order valence-electron chi connectivity index (χ1n) is 4.84. The van der Waals surface area contributed by atoms with Crippen LogP contribution in [-0.2, 0) is 13.5 Å². The molecule has 0 spiro atoms. The van der Waals surface area contributed by atoms with Gasteiger partial charge in [0.05, 0.1) is 6.20 Å². The fourth-order valence-corrected chi connectivity index (χ4v) is 2.43. The van der Waals surface area contributed by atoms with Crippen LogP contribution in [-0.4, -0.2) is 26.1 Å². The molecule has 2 heterocycles. The molecule has 0 amide bonds. The molecule has 0 aliphatic heterocycles. The number of aromatic carboxylic acids is 1. The van der Waals surface area contributed by atoms with Crippen LogP contribution in [0.5, 0.6) is 0 Å². The Bertz CT molecular complexity index is 530. The van der Waals surface area contributed by atoms with Crippen molar-refractivity contribution in [1.82, 2.24) is 15.0 Å². The average Bonchev–Trinajstić information content (AvgIpc) is 2.82. The van der Waals surface area contributed by atoms with Gasteiger partial charge in [-0.1, -0.05) is 6.92 Å². The second kappa shape index (κ2) is 4.05. The standard InChI is InChI=1S/C10H11N3O2S/c1-3-8-6(4-9(16-8)10(14)15)7-5-11-13(2)12-7/h4-5H,3H2,1-2H3,(H,14,15). The van der Waals surface area contributed by atoms with Crippen molar-refractivity contribution in [2.24, 2.45) is 7.05 Å². The molecule has 0 aliphatic carbocycles. The quantitative estimate of drug-likeness (QED) is 0.883. The van der Waals surface area contributed by atoms with Crippen LogP contribution in [0.3, 0.4) is 0 Å². The van der Waals surface area contributed by atoms with E-state index in [1.807, 2.05) is 6.92 Å². The molecule has 2 aromatic rings. The summed E-state index contributed by atoms with van der Waals surface area (Å²) in [5.74, 6) is -0.894. The average molecular weight is 237 g/mol. The van der Waals surface area contributed by atoms with Gasteiger partial charge < -0.3 is 5.11 Å². The summed E-state index contributed by atoms with van der Waals surface area (Å²) < 4.78 is 0. The van der Waals surface area contributed by atoms with Crippen LogP contribution in [0.4, 0.5) is 0 Å². The summed E-state index contributed by atoms with van der Waals surface area (Å²) in [6, 6.07) is 1.66. The van der Waals surface area contributed by atoms with Crippen molar-refractivity contribution in [1.29, 1.82) is 0 Å². The van der Waals surface area contributed by atoms with Gasteiger partial charge in [0.2, 0.25) is 0 Å². The largest absolute Gasteiger partial charge is 0.477 e. The van der Waals surface area contributed by atoms with E-state index >= 15 is 0 Å². The molecular weight excluding hydrogens is 226 g/mol. The molecule has 16 heavy (non-hydrogen) atoms. The van der Waals surface area contributed by atoms with Crippen molar-refractivity contribution in [3.63, 3.8) is 0 Å². The van der Waals surface area contributed by atoms with Gasteiger partial charge in [0.1, 0.15) is 10.6 Å². The summed E-state index contributed by atoms with van der Waals surface area (Å²) >= 11 is 1.30. The molecule has 0 saturated carbocycles. The maximum Gasteiger partial charge on any atom is 0.345 e. The second-order valence-corrected chi connectivity index (χ2v) is 4.46. The van der Waals surface area contributed by atoms with Crippen LogP contribution in [0.1, 0.15) is 21.5 Å². The van der Waals surface area contributed by atoms with E-state index in [1.54, 1.807) is 19.3 Å². The maximum absolute atomic E-state index is 10.9. The lowest BCUT2D eigenvalue weighted by Gasteiger charge is -1.94. The number of carboxylic acids is 1. The Morgan fingerprint density at radius 3 is 2.88 bits per heavy atom. The first-order valence-corrected chi connectivity index (χ1v) is 5.66. The lowest BCUT2D eigenvalue weighted by molar-refractivity contribution is 0.0702. The maximum atomic E-state index is 10.9. The number of hydrogen-bond acceptors (Lipinski definition) is 4. The molecular formula is C10H11N3O2S. The van der Waals surface area contributed by atoms with Gasteiger partial charge in [0.25, 0.3) is 0 Å². The van der Waals surface area contributed by atoms with E-state index in [2.05, 4.69) is 10.2 Å². The minimum absolute atomic E-state index is 0.345. The Hall–Kier alpha value is -1.69. The SMILES string of the molecule is CCc1sc(C(=O)O)cc1-c1cnn(C)n1. The van der Waals surface area contributed by atoms with Crippen molar-refractivity contribution in [2.75, 3.05) is 0 Å². The molecule has 6 heteroatoms. The Morgan fingerprint density at radius 1 is 1.62 bits per heavy atom. The summed E-state index contributed by atoms with van der Waals surface area (Å²) in [5.41, 5.74) is 1.60. The van der Waals surface area contributed by atoms with E-state index in [4.69, 9.17) is 5.11 Å². The summed E-state index contributed by atoms with van der Waals surface area (Å²) in [5, 5.41) is 17.1. The summed E-state index contributed by atoms with van der Waals surface area (Å²) in [4.78, 5) is 13.7. The summed E-state index contributed by atoms with van der Waals surface area (Å²) in [6.45, 7) is 2.00. The Balaban J connectivity index is 2.51. The first-order chi connectivity index (χ1) is 7.61. The molecule has 0 aliphatic rings. The van der Waals surface area contributed by atoms with E-state index in [1.165, 1.54) is 16.1 Å². The Kier molecular flexibility index (Phi) is 2.74. The molecule has 0 atom stereocenters. The zero-order valence-electron chi connectivity index (χ0n) is 8.97. The predicted octanol–water partition coefficient (Wildman–Crippen LogP) is 1.80. The molecule has 0 saturated heterocycles. The molecule has 5 nitrogen and oxygen atoms in total. The van der Waals surface area contributed by atoms with Crippen molar-refractivity contribution >= 4 is 17.3 Å². The third-order valence-corrected chi connectivity index (χ3v) is 3.48. The highest BCUT2D eigenvalue weighted by atomic mass is 32.1.